The lowest BCUT2D eigenvalue weighted by Crippen LogP contribution is -2.25. The van der Waals surface area contributed by atoms with E-state index in [9.17, 15) is 13.2 Å². The Bertz CT molecular complexity index is 803. The number of hydrogen-bond donors (Lipinski definition) is 2. The minimum atomic E-state index is -3.65. The summed E-state index contributed by atoms with van der Waals surface area (Å²) in [6.07, 6.45) is 1.91. The number of unbranched alkanes of at least 4 members (excludes halogenated alkanes) is 1. The zero-order valence-electron chi connectivity index (χ0n) is 14.0. The van der Waals surface area contributed by atoms with Crippen molar-refractivity contribution in [3.63, 3.8) is 0 Å². The van der Waals surface area contributed by atoms with Crippen molar-refractivity contribution in [1.29, 1.82) is 0 Å². The second-order valence-electron chi connectivity index (χ2n) is 5.58. The van der Waals surface area contributed by atoms with Gasteiger partial charge in [-0.15, -0.1) is 0 Å². The van der Waals surface area contributed by atoms with E-state index in [1.807, 2.05) is 6.92 Å². The van der Waals surface area contributed by atoms with Crippen LogP contribution in [-0.4, -0.2) is 20.9 Å². The molecule has 0 radical (unpaired) electrons. The molecule has 0 saturated carbocycles. The predicted octanol–water partition coefficient (Wildman–Crippen LogP) is 3.35. The SMILES string of the molecule is CCCCNC(=O)c1ccc(S(=O)(=O)NCc2ccc(Cl)cc2)cc1. The van der Waals surface area contributed by atoms with Crippen molar-refractivity contribution in [1.82, 2.24) is 10.0 Å². The standard InChI is InChI=1S/C18H21ClN2O3S/c1-2-3-12-20-18(22)15-6-10-17(11-7-15)25(23,24)21-13-14-4-8-16(19)9-5-14/h4-11,21H,2-3,12-13H2,1H3,(H,20,22). The second-order valence-corrected chi connectivity index (χ2v) is 7.79. The van der Waals surface area contributed by atoms with Crippen molar-refractivity contribution in [2.75, 3.05) is 6.54 Å². The van der Waals surface area contributed by atoms with Crippen molar-refractivity contribution in [2.45, 2.75) is 31.2 Å². The average molecular weight is 381 g/mol. The molecular weight excluding hydrogens is 360 g/mol. The van der Waals surface area contributed by atoms with Crippen LogP contribution in [-0.2, 0) is 16.6 Å². The Hall–Kier alpha value is -1.89. The van der Waals surface area contributed by atoms with Gasteiger partial charge in [-0.05, 0) is 48.4 Å². The molecular formula is C18H21ClN2O3S. The summed E-state index contributed by atoms with van der Waals surface area (Å²) in [6, 6.07) is 12.8. The number of amides is 1. The highest BCUT2D eigenvalue weighted by Crippen LogP contribution is 2.13. The third-order valence-corrected chi connectivity index (χ3v) is 5.29. The fraction of sp³-hybridized carbons (Fsp3) is 0.278. The highest BCUT2D eigenvalue weighted by atomic mass is 35.5. The van der Waals surface area contributed by atoms with Gasteiger partial charge in [0.2, 0.25) is 10.0 Å². The van der Waals surface area contributed by atoms with Gasteiger partial charge in [0.1, 0.15) is 0 Å². The van der Waals surface area contributed by atoms with Crippen molar-refractivity contribution < 1.29 is 13.2 Å². The summed E-state index contributed by atoms with van der Waals surface area (Å²) in [6.45, 7) is 2.82. The summed E-state index contributed by atoms with van der Waals surface area (Å²) in [7, 11) is -3.65. The fourth-order valence-electron chi connectivity index (χ4n) is 2.13. The average Bonchev–Trinajstić information content (AvgIpc) is 2.61. The van der Waals surface area contributed by atoms with Crippen molar-refractivity contribution in [3.8, 4) is 0 Å². The number of benzene rings is 2. The zero-order valence-corrected chi connectivity index (χ0v) is 15.5. The zero-order chi connectivity index (χ0) is 18.3. The number of hydrogen-bond acceptors (Lipinski definition) is 3. The van der Waals surface area contributed by atoms with Gasteiger partial charge in [-0.3, -0.25) is 4.79 Å². The lowest BCUT2D eigenvalue weighted by Gasteiger charge is -2.08. The Morgan fingerprint density at radius 1 is 1.04 bits per heavy atom. The van der Waals surface area contributed by atoms with E-state index in [2.05, 4.69) is 10.0 Å². The maximum atomic E-state index is 12.3. The Kier molecular flexibility index (Phi) is 6.99. The molecule has 5 nitrogen and oxygen atoms in total. The molecule has 0 spiro atoms. The highest BCUT2D eigenvalue weighted by Gasteiger charge is 2.14. The molecule has 2 aromatic rings. The number of rotatable bonds is 8. The van der Waals surface area contributed by atoms with Crippen LogP contribution in [0.15, 0.2) is 53.4 Å². The molecule has 2 aromatic carbocycles. The summed E-state index contributed by atoms with van der Waals surface area (Å²) >= 11 is 5.81. The van der Waals surface area contributed by atoms with Crippen molar-refractivity contribution in [3.05, 3.63) is 64.7 Å². The molecule has 0 atom stereocenters. The molecule has 7 heteroatoms. The molecule has 0 aliphatic heterocycles. The Morgan fingerprint density at radius 3 is 2.28 bits per heavy atom. The van der Waals surface area contributed by atoms with Crippen LogP contribution < -0.4 is 10.0 Å². The molecule has 134 valence electrons. The number of carbonyl (C=O) groups is 1. The quantitative estimate of drug-likeness (QED) is 0.689. The molecule has 0 aliphatic carbocycles. The molecule has 1 amide bonds. The molecule has 25 heavy (non-hydrogen) atoms. The molecule has 0 saturated heterocycles. The first-order chi connectivity index (χ1) is 11.9. The van der Waals surface area contributed by atoms with Gasteiger partial charge >= 0.3 is 0 Å². The second kappa shape index (κ2) is 8.99. The molecule has 0 fully saturated rings. The van der Waals surface area contributed by atoms with Crippen LogP contribution in [0.25, 0.3) is 0 Å². The summed E-state index contributed by atoms with van der Waals surface area (Å²) in [5, 5.41) is 3.39. The molecule has 2 rings (SSSR count). The van der Waals surface area contributed by atoms with Crippen molar-refractivity contribution >= 4 is 27.5 Å². The lowest BCUT2D eigenvalue weighted by molar-refractivity contribution is 0.0953. The summed E-state index contributed by atoms with van der Waals surface area (Å²) in [4.78, 5) is 12.0. The van der Waals surface area contributed by atoms with Gasteiger partial charge in [0.15, 0.2) is 0 Å². The maximum absolute atomic E-state index is 12.3. The first-order valence-corrected chi connectivity index (χ1v) is 9.91. The monoisotopic (exact) mass is 380 g/mol. The molecule has 0 heterocycles. The number of halogens is 1. The van der Waals surface area contributed by atoms with Crippen molar-refractivity contribution in [2.24, 2.45) is 0 Å². The summed E-state index contributed by atoms with van der Waals surface area (Å²) in [5.74, 6) is -0.202. The van der Waals surface area contributed by atoms with E-state index < -0.39 is 10.0 Å². The first kappa shape index (κ1) is 19.4. The molecule has 2 N–H and O–H groups in total. The molecule has 0 bridgehead atoms. The van der Waals surface area contributed by atoms with Crippen LogP contribution in [0.3, 0.4) is 0 Å². The number of sulfonamides is 1. The Balaban J connectivity index is 1.99. The van der Waals surface area contributed by atoms with E-state index in [0.29, 0.717) is 17.1 Å². The minimum absolute atomic E-state index is 0.117. The van der Waals surface area contributed by atoms with E-state index in [0.717, 1.165) is 18.4 Å². The predicted molar refractivity (Wildman–Crippen MR) is 99.2 cm³/mol. The van der Waals surface area contributed by atoms with Gasteiger partial charge in [0, 0.05) is 23.7 Å². The Labute approximate surface area is 153 Å². The third kappa shape index (κ3) is 5.85. The van der Waals surface area contributed by atoms with E-state index in [1.165, 1.54) is 24.3 Å². The molecule has 0 unspecified atom stereocenters. The van der Waals surface area contributed by atoms with Gasteiger partial charge in [-0.25, -0.2) is 13.1 Å². The highest BCUT2D eigenvalue weighted by molar-refractivity contribution is 7.89. The smallest absolute Gasteiger partial charge is 0.251 e. The van der Waals surface area contributed by atoms with Gasteiger partial charge in [-0.1, -0.05) is 37.1 Å². The largest absolute Gasteiger partial charge is 0.352 e. The molecule has 0 aliphatic rings. The van der Waals surface area contributed by atoms with Crippen LogP contribution in [0.2, 0.25) is 5.02 Å². The van der Waals surface area contributed by atoms with E-state index in [-0.39, 0.29) is 17.3 Å². The van der Waals surface area contributed by atoms with Crippen LogP contribution in [0, 0.1) is 0 Å². The van der Waals surface area contributed by atoms with Crippen LogP contribution in [0.5, 0.6) is 0 Å². The first-order valence-electron chi connectivity index (χ1n) is 8.05. The lowest BCUT2D eigenvalue weighted by atomic mass is 10.2. The minimum Gasteiger partial charge on any atom is -0.352 e. The van der Waals surface area contributed by atoms with Gasteiger partial charge < -0.3 is 5.32 Å². The number of nitrogens with one attached hydrogen (secondary N) is 2. The fourth-order valence-corrected chi connectivity index (χ4v) is 3.27. The number of carbonyl (C=O) groups excluding carboxylic acids is 1. The van der Waals surface area contributed by atoms with Crippen LogP contribution in [0.1, 0.15) is 35.7 Å². The Morgan fingerprint density at radius 2 is 1.68 bits per heavy atom. The van der Waals surface area contributed by atoms with E-state index in [4.69, 9.17) is 11.6 Å². The maximum Gasteiger partial charge on any atom is 0.251 e. The van der Waals surface area contributed by atoms with E-state index >= 15 is 0 Å². The molecule has 0 aromatic heterocycles. The van der Waals surface area contributed by atoms with Crippen LogP contribution >= 0.6 is 11.6 Å². The van der Waals surface area contributed by atoms with E-state index in [1.54, 1.807) is 24.3 Å². The van der Waals surface area contributed by atoms with Gasteiger partial charge in [0.05, 0.1) is 4.90 Å². The van der Waals surface area contributed by atoms with Gasteiger partial charge in [0.25, 0.3) is 5.91 Å². The van der Waals surface area contributed by atoms with Gasteiger partial charge in [-0.2, -0.15) is 0 Å². The van der Waals surface area contributed by atoms with Crippen LogP contribution in [0.4, 0.5) is 0 Å². The topological polar surface area (TPSA) is 75.3 Å². The summed E-state index contributed by atoms with van der Waals surface area (Å²) in [5.41, 5.74) is 1.24. The third-order valence-electron chi connectivity index (χ3n) is 3.62. The normalized spacial score (nSPS) is 11.3. The summed E-state index contributed by atoms with van der Waals surface area (Å²) < 4.78 is 27.2.